The molecule has 0 fully saturated rings. The van der Waals surface area contributed by atoms with Gasteiger partial charge in [-0.15, -0.1) is 0 Å². The van der Waals surface area contributed by atoms with E-state index < -0.39 is 9.12 Å². The molecule has 12 heavy (non-hydrogen) atoms. The van der Waals surface area contributed by atoms with Gasteiger partial charge in [0.1, 0.15) is 0 Å². The van der Waals surface area contributed by atoms with Crippen molar-refractivity contribution in [1.82, 2.24) is 9.55 Å². The molecule has 0 aromatic carbocycles. The van der Waals surface area contributed by atoms with E-state index in [1.54, 1.807) is 0 Å². The van der Waals surface area contributed by atoms with Gasteiger partial charge >= 0.3 is 0 Å². The Morgan fingerprint density at radius 1 is 1.42 bits per heavy atom. The molecule has 1 unspecified atom stereocenters. The molecule has 3 heteroatoms. The lowest BCUT2D eigenvalue weighted by Crippen LogP contribution is -2.45. The number of hydrogen-bond donors (Lipinski definition) is 1. The zero-order chi connectivity index (χ0) is 9.56. The summed E-state index contributed by atoms with van der Waals surface area (Å²) in [5.41, 5.74) is 2.36. The van der Waals surface area contributed by atoms with Crippen molar-refractivity contribution in [3.05, 3.63) is 11.8 Å². The van der Waals surface area contributed by atoms with Crippen LogP contribution in [-0.4, -0.2) is 34.3 Å². The first-order chi connectivity index (χ1) is 5.57. The van der Waals surface area contributed by atoms with Crippen LogP contribution < -0.4 is 4.98 Å². The van der Waals surface area contributed by atoms with E-state index in [4.69, 9.17) is 0 Å². The van der Waals surface area contributed by atoms with Crippen LogP contribution in [-0.2, 0) is 0 Å². The van der Waals surface area contributed by atoms with Crippen LogP contribution in [0, 0.1) is 5.92 Å². The van der Waals surface area contributed by atoms with Crippen molar-refractivity contribution in [2.24, 2.45) is 5.92 Å². The number of nitrogens with zero attached hydrogens (tertiary/aromatic N) is 1. The van der Waals surface area contributed by atoms with Gasteiger partial charge in [0.05, 0.1) is 0 Å². The van der Waals surface area contributed by atoms with Crippen LogP contribution in [0.5, 0.6) is 0 Å². The smallest absolute Gasteiger partial charge is 0.212 e. The molecular formula is C9H22N2Si. The minimum atomic E-state index is -0.960. The highest BCUT2D eigenvalue weighted by Gasteiger charge is 2.07. The predicted octanol–water partition coefficient (Wildman–Crippen LogP) is 1.13. The Morgan fingerprint density at radius 2 is 2.00 bits per heavy atom. The monoisotopic (exact) mass is 186 g/mol. The molecule has 0 aromatic rings. The van der Waals surface area contributed by atoms with E-state index in [0.29, 0.717) is 5.92 Å². The minimum Gasteiger partial charge on any atom is -0.325 e. The van der Waals surface area contributed by atoms with E-state index in [1.807, 2.05) is 0 Å². The van der Waals surface area contributed by atoms with Crippen molar-refractivity contribution in [2.75, 3.05) is 20.6 Å². The standard InChI is InChI=1S/C9H22N2Si/c1-6-10-12(11(4)5)8-7-9(2)3/h7-10,12H,6H2,1-5H3. The molecule has 0 bridgehead atoms. The second-order valence-electron chi connectivity index (χ2n) is 3.60. The summed E-state index contributed by atoms with van der Waals surface area (Å²) in [4.78, 5) is 3.52. The number of rotatable bonds is 5. The van der Waals surface area contributed by atoms with E-state index in [-0.39, 0.29) is 0 Å². The summed E-state index contributed by atoms with van der Waals surface area (Å²) in [6.45, 7) is 7.65. The van der Waals surface area contributed by atoms with Crippen LogP contribution in [0.2, 0.25) is 0 Å². The Hall–Kier alpha value is -0.123. The van der Waals surface area contributed by atoms with Crippen molar-refractivity contribution in [2.45, 2.75) is 20.8 Å². The molecule has 0 aliphatic heterocycles. The molecule has 1 N–H and O–H groups in total. The molecule has 0 spiro atoms. The maximum Gasteiger partial charge on any atom is 0.212 e. The first-order valence-corrected chi connectivity index (χ1v) is 6.42. The highest BCUT2D eigenvalue weighted by Crippen LogP contribution is 1.95. The van der Waals surface area contributed by atoms with E-state index in [1.165, 1.54) is 0 Å². The molecule has 0 aromatic heterocycles. The van der Waals surface area contributed by atoms with Crippen LogP contribution in [0.1, 0.15) is 20.8 Å². The van der Waals surface area contributed by atoms with Gasteiger partial charge in [0.25, 0.3) is 0 Å². The van der Waals surface area contributed by atoms with Gasteiger partial charge in [0.2, 0.25) is 9.12 Å². The average molecular weight is 186 g/mol. The molecule has 2 nitrogen and oxygen atoms in total. The van der Waals surface area contributed by atoms with Gasteiger partial charge < -0.3 is 9.55 Å². The molecule has 0 amide bonds. The third kappa shape index (κ3) is 5.52. The van der Waals surface area contributed by atoms with Gasteiger partial charge in [-0.2, -0.15) is 0 Å². The fraction of sp³-hybridized carbons (Fsp3) is 0.778. The summed E-state index contributed by atoms with van der Waals surface area (Å²) >= 11 is 0. The van der Waals surface area contributed by atoms with E-state index in [2.05, 4.69) is 56.2 Å². The molecule has 1 atom stereocenters. The first-order valence-electron chi connectivity index (χ1n) is 4.66. The maximum atomic E-state index is 3.52. The van der Waals surface area contributed by atoms with Crippen molar-refractivity contribution in [3.63, 3.8) is 0 Å². The van der Waals surface area contributed by atoms with Crippen LogP contribution in [0.4, 0.5) is 0 Å². The van der Waals surface area contributed by atoms with Gasteiger partial charge in [0.15, 0.2) is 0 Å². The maximum absolute atomic E-state index is 3.52. The number of allylic oxidation sites excluding steroid dienone is 1. The molecule has 0 radical (unpaired) electrons. The van der Waals surface area contributed by atoms with Crippen LogP contribution in [0.3, 0.4) is 0 Å². The highest BCUT2D eigenvalue weighted by molar-refractivity contribution is 6.58. The Labute approximate surface area is 78.4 Å². The molecule has 0 saturated carbocycles. The second kappa shape index (κ2) is 6.40. The van der Waals surface area contributed by atoms with Crippen molar-refractivity contribution in [3.8, 4) is 0 Å². The van der Waals surface area contributed by atoms with Crippen molar-refractivity contribution >= 4 is 9.12 Å². The second-order valence-corrected chi connectivity index (χ2v) is 6.31. The van der Waals surface area contributed by atoms with Crippen LogP contribution in [0.15, 0.2) is 11.8 Å². The van der Waals surface area contributed by atoms with Gasteiger partial charge in [0, 0.05) is 0 Å². The Bertz CT molecular complexity index is 132. The Morgan fingerprint density at radius 3 is 2.33 bits per heavy atom. The molecule has 0 heterocycles. The Balaban J connectivity index is 3.94. The van der Waals surface area contributed by atoms with Gasteiger partial charge in [-0.1, -0.05) is 32.5 Å². The predicted molar refractivity (Wildman–Crippen MR) is 58.5 cm³/mol. The zero-order valence-corrected chi connectivity index (χ0v) is 10.1. The number of nitrogens with one attached hydrogen (secondary N) is 1. The first kappa shape index (κ1) is 11.9. The lowest BCUT2D eigenvalue weighted by molar-refractivity contribution is 0.626. The molecule has 72 valence electrons. The summed E-state index contributed by atoms with van der Waals surface area (Å²) in [6, 6.07) is 0. The summed E-state index contributed by atoms with van der Waals surface area (Å²) in [6.07, 6.45) is 2.29. The van der Waals surface area contributed by atoms with Gasteiger partial charge in [-0.3, -0.25) is 0 Å². The fourth-order valence-electron chi connectivity index (χ4n) is 0.959. The lowest BCUT2D eigenvalue weighted by atomic mass is 10.2. The zero-order valence-electron chi connectivity index (χ0n) is 8.96. The Kier molecular flexibility index (Phi) is 6.33. The average Bonchev–Trinajstić information content (AvgIpc) is 1.96. The molecule has 0 rings (SSSR count). The summed E-state index contributed by atoms with van der Waals surface area (Å²) in [5, 5.41) is 0. The third-order valence-electron chi connectivity index (χ3n) is 1.65. The molecule has 0 aliphatic rings. The van der Waals surface area contributed by atoms with E-state index >= 15 is 0 Å². The molecular weight excluding hydrogens is 164 g/mol. The minimum absolute atomic E-state index is 0.665. The van der Waals surface area contributed by atoms with Crippen LogP contribution in [0.25, 0.3) is 0 Å². The van der Waals surface area contributed by atoms with Gasteiger partial charge in [-0.05, 0) is 26.6 Å². The summed E-state index contributed by atoms with van der Waals surface area (Å²) < 4.78 is 2.31. The normalized spacial score (nSPS) is 14.9. The van der Waals surface area contributed by atoms with E-state index in [9.17, 15) is 0 Å². The summed E-state index contributed by atoms with van der Waals surface area (Å²) in [5.74, 6) is 0.665. The lowest BCUT2D eigenvalue weighted by Gasteiger charge is -2.19. The highest BCUT2D eigenvalue weighted by atomic mass is 28.3. The number of hydrogen-bond acceptors (Lipinski definition) is 2. The van der Waals surface area contributed by atoms with Crippen LogP contribution >= 0.6 is 0 Å². The van der Waals surface area contributed by atoms with E-state index in [0.717, 1.165) is 6.54 Å². The largest absolute Gasteiger partial charge is 0.325 e. The molecule has 0 aliphatic carbocycles. The fourth-order valence-corrected chi connectivity index (χ4v) is 2.88. The molecule has 0 saturated heterocycles. The topological polar surface area (TPSA) is 15.3 Å². The quantitative estimate of drug-likeness (QED) is 0.648. The van der Waals surface area contributed by atoms with Crippen molar-refractivity contribution < 1.29 is 0 Å². The van der Waals surface area contributed by atoms with Crippen molar-refractivity contribution in [1.29, 1.82) is 0 Å². The third-order valence-corrected chi connectivity index (χ3v) is 4.17. The van der Waals surface area contributed by atoms with Gasteiger partial charge in [-0.25, -0.2) is 0 Å². The summed E-state index contributed by atoms with van der Waals surface area (Å²) in [7, 11) is 3.33. The SMILES string of the molecule is CCN[SiH](C=CC(C)C)N(C)C.